The molecule has 3 heteroatoms. The predicted octanol–water partition coefficient (Wildman–Crippen LogP) is 2.16. The molecule has 0 aliphatic heterocycles. The van der Waals surface area contributed by atoms with Crippen molar-refractivity contribution in [2.75, 3.05) is 0 Å². The summed E-state index contributed by atoms with van der Waals surface area (Å²) in [5.41, 5.74) is 2.13. The van der Waals surface area contributed by atoms with Crippen molar-refractivity contribution in [2.45, 2.75) is 26.9 Å². The molecule has 3 nitrogen and oxygen atoms in total. The Labute approximate surface area is 83.3 Å². The Bertz CT molecular complexity index is 324. The van der Waals surface area contributed by atoms with E-state index < -0.39 is 12.1 Å². The van der Waals surface area contributed by atoms with Crippen LogP contribution in [0.2, 0.25) is 0 Å². The van der Waals surface area contributed by atoms with Crippen molar-refractivity contribution in [1.29, 1.82) is 0 Å². The average molecular weight is 194 g/mol. The first-order valence-electron chi connectivity index (χ1n) is 4.47. The molecule has 0 bridgehead atoms. The summed E-state index contributed by atoms with van der Waals surface area (Å²) in [4.78, 5) is 10.5. The standard InChI is InChI=1S/C11H14O3/c1-7-4-8(2)6-10(5-7)14-9(3)11(12)13/h4-6,9H,1-3H3,(H,12,13)/t9-/m1/s1. The number of benzene rings is 1. The van der Waals surface area contributed by atoms with Gasteiger partial charge in [0.25, 0.3) is 0 Å². The zero-order valence-electron chi connectivity index (χ0n) is 8.57. The summed E-state index contributed by atoms with van der Waals surface area (Å²) >= 11 is 0. The summed E-state index contributed by atoms with van der Waals surface area (Å²) in [5.74, 6) is -0.346. The topological polar surface area (TPSA) is 46.5 Å². The number of hydrogen-bond acceptors (Lipinski definition) is 2. The quantitative estimate of drug-likeness (QED) is 0.802. The van der Waals surface area contributed by atoms with Crippen LogP contribution in [0.5, 0.6) is 5.75 Å². The zero-order valence-corrected chi connectivity index (χ0v) is 8.57. The van der Waals surface area contributed by atoms with E-state index in [0.717, 1.165) is 11.1 Å². The van der Waals surface area contributed by atoms with Gasteiger partial charge in [0.1, 0.15) is 5.75 Å². The molecule has 0 aromatic heterocycles. The first kappa shape index (κ1) is 10.6. The minimum atomic E-state index is -0.954. The van der Waals surface area contributed by atoms with Crippen molar-refractivity contribution < 1.29 is 14.6 Å². The van der Waals surface area contributed by atoms with Crippen LogP contribution in [0.15, 0.2) is 18.2 Å². The lowest BCUT2D eigenvalue weighted by molar-refractivity contribution is -0.144. The Morgan fingerprint density at radius 3 is 2.21 bits per heavy atom. The van der Waals surface area contributed by atoms with E-state index in [0.29, 0.717) is 5.75 Å². The van der Waals surface area contributed by atoms with E-state index >= 15 is 0 Å². The number of aliphatic carboxylic acids is 1. The molecule has 1 rings (SSSR count). The monoisotopic (exact) mass is 194 g/mol. The number of carbonyl (C=O) groups is 1. The lowest BCUT2D eigenvalue weighted by atomic mass is 10.1. The number of carboxylic acids is 1. The van der Waals surface area contributed by atoms with Gasteiger partial charge in [0.15, 0.2) is 6.10 Å². The van der Waals surface area contributed by atoms with Crippen LogP contribution < -0.4 is 4.74 Å². The second-order valence-corrected chi connectivity index (χ2v) is 3.42. The number of aryl methyl sites for hydroxylation is 2. The van der Waals surface area contributed by atoms with Crippen molar-refractivity contribution >= 4 is 5.97 Å². The van der Waals surface area contributed by atoms with Gasteiger partial charge in [-0.15, -0.1) is 0 Å². The molecule has 14 heavy (non-hydrogen) atoms. The van der Waals surface area contributed by atoms with Gasteiger partial charge in [0.05, 0.1) is 0 Å². The van der Waals surface area contributed by atoms with Crippen molar-refractivity contribution in [3.63, 3.8) is 0 Å². The van der Waals surface area contributed by atoms with Gasteiger partial charge in [-0.2, -0.15) is 0 Å². The molecule has 1 N–H and O–H groups in total. The minimum absolute atomic E-state index is 0.609. The van der Waals surface area contributed by atoms with E-state index in [-0.39, 0.29) is 0 Å². The molecule has 0 radical (unpaired) electrons. The van der Waals surface area contributed by atoms with E-state index in [1.165, 1.54) is 6.92 Å². The van der Waals surface area contributed by atoms with E-state index in [1.807, 2.05) is 32.0 Å². The number of rotatable bonds is 3. The van der Waals surface area contributed by atoms with Crippen LogP contribution in [0.3, 0.4) is 0 Å². The molecule has 1 atom stereocenters. The van der Waals surface area contributed by atoms with E-state index in [9.17, 15) is 4.79 Å². The van der Waals surface area contributed by atoms with E-state index in [2.05, 4.69) is 0 Å². The van der Waals surface area contributed by atoms with Gasteiger partial charge >= 0.3 is 5.97 Å². The van der Waals surface area contributed by atoms with Gasteiger partial charge in [-0.1, -0.05) is 6.07 Å². The summed E-state index contributed by atoms with van der Waals surface area (Å²) in [6, 6.07) is 5.66. The van der Waals surface area contributed by atoms with Gasteiger partial charge in [-0.25, -0.2) is 4.79 Å². The highest BCUT2D eigenvalue weighted by atomic mass is 16.5. The van der Waals surface area contributed by atoms with E-state index in [4.69, 9.17) is 9.84 Å². The summed E-state index contributed by atoms with van der Waals surface area (Å²) in [6.45, 7) is 5.41. The SMILES string of the molecule is Cc1cc(C)cc(O[C@H](C)C(=O)O)c1. The van der Waals surface area contributed by atoms with Crippen LogP contribution in [-0.2, 0) is 4.79 Å². The van der Waals surface area contributed by atoms with Crippen LogP contribution in [0.25, 0.3) is 0 Å². The highest BCUT2D eigenvalue weighted by Gasteiger charge is 2.12. The Balaban J connectivity index is 2.81. The largest absolute Gasteiger partial charge is 0.479 e. The molecule has 0 amide bonds. The summed E-state index contributed by atoms with van der Waals surface area (Å²) in [6.07, 6.45) is -0.809. The molecule has 0 spiro atoms. The molecule has 0 heterocycles. The summed E-state index contributed by atoms with van der Waals surface area (Å²) in [7, 11) is 0. The van der Waals surface area contributed by atoms with Crippen molar-refractivity contribution in [3.05, 3.63) is 29.3 Å². The highest BCUT2D eigenvalue weighted by molar-refractivity contribution is 5.72. The molecule has 0 saturated heterocycles. The van der Waals surface area contributed by atoms with Gasteiger partial charge in [-0.3, -0.25) is 0 Å². The molecule has 76 valence electrons. The second kappa shape index (κ2) is 4.13. The lowest BCUT2D eigenvalue weighted by Crippen LogP contribution is -2.22. The fourth-order valence-corrected chi connectivity index (χ4v) is 1.26. The Morgan fingerprint density at radius 1 is 1.29 bits per heavy atom. The average Bonchev–Trinajstić information content (AvgIpc) is 2.01. The zero-order chi connectivity index (χ0) is 10.7. The van der Waals surface area contributed by atoms with Gasteiger partial charge in [-0.05, 0) is 44.0 Å². The summed E-state index contributed by atoms with van der Waals surface area (Å²) < 4.78 is 5.24. The van der Waals surface area contributed by atoms with Crippen molar-refractivity contribution in [1.82, 2.24) is 0 Å². The van der Waals surface area contributed by atoms with Gasteiger partial charge in [0.2, 0.25) is 0 Å². The Hall–Kier alpha value is -1.51. The maximum absolute atomic E-state index is 10.5. The maximum atomic E-state index is 10.5. The second-order valence-electron chi connectivity index (χ2n) is 3.42. The minimum Gasteiger partial charge on any atom is -0.479 e. The Morgan fingerprint density at radius 2 is 1.79 bits per heavy atom. The Kier molecular flexibility index (Phi) is 3.12. The van der Waals surface area contributed by atoms with Crippen molar-refractivity contribution in [3.8, 4) is 5.75 Å². The summed E-state index contributed by atoms with van der Waals surface area (Å²) in [5, 5.41) is 8.66. The molecule has 0 saturated carbocycles. The third-order valence-electron chi connectivity index (χ3n) is 1.86. The smallest absolute Gasteiger partial charge is 0.344 e. The third-order valence-corrected chi connectivity index (χ3v) is 1.86. The van der Waals surface area contributed by atoms with Crippen LogP contribution in [0.1, 0.15) is 18.1 Å². The number of ether oxygens (including phenoxy) is 1. The maximum Gasteiger partial charge on any atom is 0.344 e. The fraction of sp³-hybridized carbons (Fsp3) is 0.364. The highest BCUT2D eigenvalue weighted by Crippen LogP contribution is 2.17. The lowest BCUT2D eigenvalue weighted by Gasteiger charge is -2.11. The van der Waals surface area contributed by atoms with Crippen molar-refractivity contribution in [2.24, 2.45) is 0 Å². The number of hydrogen-bond donors (Lipinski definition) is 1. The van der Waals surface area contributed by atoms with Gasteiger partial charge in [0, 0.05) is 0 Å². The molecule has 1 aromatic rings. The molecule has 0 aliphatic rings. The molecule has 0 aliphatic carbocycles. The fourth-order valence-electron chi connectivity index (χ4n) is 1.26. The first-order valence-corrected chi connectivity index (χ1v) is 4.47. The molecule has 0 fully saturated rings. The first-order chi connectivity index (χ1) is 6.49. The molecule has 0 unspecified atom stereocenters. The molecular formula is C11H14O3. The van der Waals surface area contributed by atoms with Gasteiger partial charge < -0.3 is 9.84 Å². The van der Waals surface area contributed by atoms with Crippen LogP contribution in [0.4, 0.5) is 0 Å². The molecule has 1 aromatic carbocycles. The van der Waals surface area contributed by atoms with Crippen LogP contribution in [-0.4, -0.2) is 17.2 Å². The normalized spacial score (nSPS) is 12.2. The van der Waals surface area contributed by atoms with E-state index in [1.54, 1.807) is 0 Å². The third kappa shape index (κ3) is 2.76. The predicted molar refractivity (Wildman–Crippen MR) is 53.6 cm³/mol. The van der Waals surface area contributed by atoms with Crippen LogP contribution >= 0.6 is 0 Å². The van der Waals surface area contributed by atoms with Crippen LogP contribution in [0, 0.1) is 13.8 Å². The molecular weight excluding hydrogens is 180 g/mol. The number of carboxylic acid groups (broad SMARTS) is 1.